The second-order valence-electron chi connectivity index (χ2n) is 8.05. The van der Waals surface area contributed by atoms with Gasteiger partial charge in [0.1, 0.15) is 11.4 Å². The number of carbonyl (C=O) groups is 2. The van der Waals surface area contributed by atoms with Gasteiger partial charge in [-0.15, -0.1) is 0 Å². The SMILES string of the molecule is CC(=O)[C@@H](CC1CCN(C(=O)OC(C)(C)C)CC1)c1cccc(C#N)c1. The topological polar surface area (TPSA) is 70.4 Å². The molecule has 1 fully saturated rings. The van der Waals surface area contributed by atoms with Gasteiger partial charge in [0, 0.05) is 19.0 Å². The Bertz CT molecular complexity index is 692. The van der Waals surface area contributed by atoms with E-state index in [2.05, 4.69) is 6.07 Å². The number of amides is 1. The minimum atomic E-state index is -0.487. The molecule has 1 aliphatic rings. The fourth-order valence-electron chi connectivity index (χ4n) is 3.37. The standard InChI is InChI=1S/C21H28N2O3/c1-15(24)19(18-7-5-6-17(12-18)14-22)13-16-8-10-23(11-9-16)20(25)26-21(2,3)4/h5-7,12,16,19H,8-11,13H2,1-4H3/t19-/m1/s1. The summed E-state index contributed by atoms with van der Waals surface area (Å²) < 4.78 is 5.43. The van der Waals surface area contributed by atoms with Crippen molar-refractivity contribution in [3.8, 4) is 6.07 Å². The quantitative estimate of drug-likeness (QED) is 0.808. The van der Waals surface area contributed by atoms with E-state index in [1.807, 2.05) is 39.0 Å². The normalized spacial score (nSPS) is 16.7. The highest BCUT2D eigenvalue weighted by atomic mass is 16.6. The largest absolute Gasteiger partial charge is 0.444 e. The molecule has 0 bridgehead atoms. The molecule has 1 aromatic carbocycles. The van der Waals surface area contributed by atoms with Crippen molar-refractivity contribution in [2.45, 2.75) is 58.5 Å². The fourth-order valence-corrected chi connectivity index (χ4v) is 3.37. The number of Topliss-reactive ketones (excluding diaryl/α,β-unsaturated/α-hetero) is 1. The molecule has 0 aliphatic carbocycles. The highest BCUT2D eigenvalue weighted by molar-refractivity contribution is 5.83. The lowest BCUT2D eigenvalue weighted by Gasteiger charge is -2.34. The minimum Gasteiger partial charge on any atom is -0.444 e. The van der Waals surface area contributed by atoms with Gasteiger partial charge in [0.2, 0.25) is 0 Å². The highest BCUT2D eigenvalue weighted by Gasteiger charge is 2.29. The van der Waals surface area contributed by atoms with E-state index in [4.69, 9.17) is 10.00 Å². The van der Waals surface area contributed by atoms with Crippen LogP contribution in [-0.2, 0) is 9.53 Å². The van der Waals surface area contributed by atoms with E-state index >= 15 is 0 Å². The summed E-state index contributed by atoms with van der Waals surface area (Å²) in [6.07, 6.45) is 2.22. The van der Waals surface area contributed by atoms with E-state index in [0.29, 0.717) is 24.6 Å². The summed E-state index contributed by atoms with van der Waals surface area (Å²) in [6.45, 7) is 8.52. The molecule has 0 unspecified atom stereocenters. The van der Waals surface area contributed by atoms with Gasteiger partial charge in [-0.05, 0) is 70.6 Å². The van der Waals surface area contributed by atoms with Crippen molar-refractivity contribution < 1.29 is 14.3 Å². The molecule has 0 radical (unpaired) electrons. The summed E-state index contributed by atoms with van der Waals surface area (Å²) in [5.74, 6) is 0.310. The Labute approximate surface area is 155 Å². The van der Waals surface area contributed by atoms with Crippen molar-refractivity contribution in [2.75, 3.05) is 13.1 Å². The van der Waals surface area contributed by atoms with E-state index in [1.165, 1.54) is 0 Å². The van der Waals surface area contributed by atoms with Crippen molar-refractivity contribution in [1.29, 1.82) is 5.26 Å². The number of carbonyl (C=O) groups excluding carboxylic acids is 2. The zero-order valence-corrected chi connectivity index (χ0v) is 16.1. The first-order chi connectivity index (χ1) is 12.2. The molecular formula is C21H28N2O3. The molecule has 0 aromatic heterocycles. The Balaban J connectivity index is 1.97. The third-order valence-corrected chi connectivity index (χ3v) is 4.74. The molecule has 1 heterocycles. The van der Waals surface area contributed by atoms with Crippen LogP contribution in [0.4, 0.5) is 4.79 Å². The van der Waals surface area contributed by atoms with Gasteiger partial charge in [-0.25, -0.2) is 4.79 Å². The molecule has 0 N–H and O–H groups in total. The van der Waals surface area contributed by atoms with Crippen LogP contribution in [0.25, 0.3) is 0 Å². The summed E-state index contributed by atoms with van der Waals surface area (Å²) in [7, 11) is 0. The fraction of sp³-hybridized carbons (Fsp3) is 0.571. The molecule has 0 spiro atoms. The van der Waals surface area contributed by atoms with Crippen LogP contribution in [0, 0.1) is 17.2 Å². The lowest BCUT2D eigenvalue weighted by molar-refractivity contribution is -0.118. The molecule has 1 aliphatic heterocycles. The molecule has 26 heavy (non-hydrogen) atoms. The van der Waals surface area contributed by atoms with Gasteiger partial charge in [0.05, 0.1) is 11.6 Å². The number of likely N-dealkylation sites (tertiary alicyclic amines) is 1. The summed E-state index contributed by atoms with van der Waals surface area (Å²) >= 11 is 0. The predicted octanol–water partition coefficient (Wildman–Crippen LogP) is 4.27. The lowest BCUT2D eigenvalue weighted by Crippen LogP contribution is -2.42. The van der Waals surface area contributed by atoms with Crippen LogP contribution >= 0.6 is 0 Å². The molecule has 2 rings (SSSR count). The zero-order chi connectivity index (χ0) is 19.3. The molecule has 140 valence electrons. The molecule has 1 amide bonds. The number of ether oxygens (including phenoxy) is 1. The van der Waals surface area contributed by atoms with E-state index in [-0.39, 0.29) is 17.8 Å². The number of benzene rings is 1. The van der Waals surface area contributed by atoms with E-state index in [1.54, 1.807) is 17.9 Å². The molecule has 0 saturated carbocycles. The van der Waals surface area contributed by atoms with Crippen LogP contribution in [-0.4, -0.2) is 35.5 Å². The average Bonchev–Trinajstić information content (AvgIpc) is 2.58. The number of hydrogen-bond donors (Lipinski definition) is 0. The lowest BCUT2D eigenvalue weighted by atomic mass is 9.82. The third kappa shape index (κ3) is 5.59. The van der Waals surface area contributed by atoms with Crippen molar-refractivity contribution in [3.05, 3.63) is 35.4 Å². The van der Waals surface area contributed by atoms with Crippen LogP contribution < -0.4 is 0 Å². The Hall–Kier alpha value is -2.35. The van der Waals surface area contributed by atoms with Gasteiger partial charge in [-0.1, -0.05) is 12.1 Å². The molecule has 5 heteroatoms. The average molecular weight is 356 g/mol. The smallest absolute Gasteiger partial charge is 0.410 e. The Morgan fingerprint density at radius 2 is 1.96 bits per heavy atom. The molecular weight excluding hydrogens is 328 g/mol. The molecule has 1 saturated heterocycles. The summed E-state index contributed by atoms with van der Waals surface area (Å²) in [6, 6.07) is 9.44. The zero-order valence-electron chi connectivity index (χ0n) is 16.1. The number of rotatable bonds is 4. The maximum absolute atomic E-state index is 12.2. The molecule has 1 atom stereocenters. The predicted molar refractivity (Wildman–Crippen MR) is 99.7 cm³/mol. The number of hydrogen-bond acceptors (Lipinski definition) is 4. The molecule has 5 nitrogen and oxygen atoms in total. The third-order valence-electron chi connectivity index (χ3n) is 4.74. The van der Waals surface area contributed by atoms with Gasteiger partial charge < -0.3 is 9.64 Å². The first kappa shape index (κ1) is 20.0. The van der Waals surface area contributed by atoms with Gasteiger partial charge in [0.15, 0.2) is 0 Å². The van der Waals surface area contributed by atoms with Crippen molar-refractivity contribution in [3.63, 3.8) is 0 Å². The Kier molecular flexibility index (Phi) is 6.42. The Morgan fingerprint density at radius 1 is 1.31 bits per heavy atom. The number of piperidine rings is 1. The monoisotopic (exact) mass is 356 g/mol. The van der Waals surface area contributed by atoms with Gasteiger partial charge >= 0.3 is 6.09 Å². The van der Waals surface area contributed by atoms with Crippen molar-refractivity contribution in [1.82, 2.24) is 4.90 Å². The van der Waals surface area contributed by atoms with Crippen LogP contribution in [0.1, 0.15) is 64.0 Å². The van der Waals surface area contributed by atoms with Crippen LogP contribution in [0.15, 0.2) is 24.3 Å². The summed E-state index contributed by atoms with van der Waals surface area (Å²) in [5.41, 5.74) is 0.999. The van der Waals surface area contributed by atoms with Crippen molar-refractivity contribution >= 4 is 11.9 Å². The maximum atomic E-state index is 12.2. The van der Waals surface area contributed by atoms with E-state index in [9.17, 15) is 9.59 Å². The second kappa shape index (κ2) is 8.35. The first-order valence-corrected chi connectivity index (χ1v) is 9.18. The number of nitriles is 1. The van der Waals surface area contributed by atoms with Crippen LogP contribution in [0.2, 0.25) is 0 Å². The van der Waals surface area contributed by atoms with Crippen LogP contribution in [0.5, 0.6) is 0 Å². The maximum Gasteiger partial charge on any atom is 0.410 e. The Morgan fingerprint density at radius 3 is 2.50 bits per heavy atom. The number of ketones is 1. The second-order valence-corrected chi connectivity index (χ2v) is 8.05. The van der Waals surface area contributed by atoms with E-state index < -0.39 is 5.60 Å². The summed E-state index contributed by atoms with van der Waals surface area (Å²) in [4.78, 5) is 26.1. The van der Waals surface area contributed by atoms with Gasteiger partial charge in [-0.2, -0.15) is 5.26 Å². The summed E-state index contributed by atoms with van der Waals surface area (Å²) in [5, 5.41) is 9.08. The van der Waals surface area contributed by atoms with Gasteiger partial charge in [-0.3, -0.25) is 4.79 Å². The van der Waals surface area contributed by atoms with E-state index in [0.717, 1.165) is 24.8 Å². The molecule has 1 aromatic rings. The number of nitrogens with zero attached hydrogens (tertiary/aromatic N) is 2. The van der Waals surface area contributed by atoms with Crippen molar-refractivity contribution in [2.24, 2.45) is 5.92 Å². The first-order valence-electron chi connectivity index (χ1n) is 9.18. The highest BCUT2D eigenvalue weighted by Crippen LogP contribution is 2.31. The van der Waals surface area contributed by atoms with Crippen LogP contribution in [0.3, 0.4) is 0 Å². The van der Waals surface area contributed by atoms with Gasteiger partial charge in [0.25, 0.3) is 0 Å². The minimum absolute atomic E-state index is 0.120.